The molecule has 2 aliphatic rings. The summed E-state index contributed by atoms with van der Waals surface area (Å²) in [6, 6.07) is 4.28. The molecule has 5 nitrogen and oxygen atoms in total. The van der Waals surface area contributed by atoms with E-state index in [0.29, 0.717) is 0 Å². The largest absolute Gasteiger partial charge is 0.434 e. The van der Waals surface area contributed by atoms with E-state index in [1.165, 1.54) is 18.2 Å². The lowest BCUT2D eigenvalue weighted by molar-refractivity contribution is -0.0501. The van der Waals surface area contributed by atoms with Gasteiger partial charge in [0.15, 0.2) is 5.84 Å². The minimum Gasteiger partial charge on any atom is -0.434 e. The lowest BCUT2D eigenvalue weighted by Crippen LogP contribution is -2.39. The second-order valence-corrected chi connectivity index (χ2v) is 7.20. The Kier molecular flexibility index (Phi) is 3.58. The van der Waals surface area contributed by atoms with E-state index in [0.717, 1.165) is 12.8 Å². The summed E-state index contributed by atoms with van der Waals surface area (Å²) in [5, 5.41) is 0. The molecule has 8 heteroatoms. The first-order valence-electron chi connectivity index (χ1n) is 7.03. The molecular weight excluding hydrogens is 314 g/mol. The molecule has 1 saturated carbocycles. The van der Waals surface area contributed by atoms with Gasteiger partial charge in [0, 0.05) is 12.1 Å². The number of amidine groups is 1. The van der Waals surface area contributed by atoms with Gasteiger partial charge in [-0.2, -0.15) is 17.2 Å². The van der Waals surface area contributed by atoms with Gasteiger partial charge in [-0.1, -0.05) is 6.07 Å². The van der Waals surface area contributed by atoms with Gasteiger partial charge in [-0.15, -0.1) is 4.40 Å². The van der Waals surface area contributed by atoms with Crippen molar-refractivity contribution < 1.29 is 21.9 Å². The standard InChI is InChI=1S/C14H16F2N2O3S/c1-8(2)18(9-6-7-9)13-12-10(21-14(15)16)4-3-5-11(12)22(19,20)17-13/h3-5,8-9,14H,6-7H2,1-2H3. The molecule has 1 aliphatic carbocycles. The number of ether oxygens (including phenoxy) is 1. The van der Waals surface area contributed by atoms with Crippen LogP contribution in [0.15, 0.2) is 27.5 Å². The van der Waals surface area contributed by atoms with Gasteiger partial charge in [0.25, 0.3) is 10.0 Å². The number of hydrogen-bond donors (Lipinski definition) is 0. The number of fused-ring (bicyclic) bond motifs is 1. The van der Waals surface area contributed by atoms with Gasteiger partial charge in [0.1, 0.15) is 10.6 Å². The molecule has 0 aromatic heterocycles. The van der Waals surface area contributed by atoms with Crippen molar-refractivity contribution in [2.45, 2.75) is 50.3 Å². The molecule has 1 aromatic rings. The number of hydrogen-bond acceptors (Lipinski definition) is 4. The zero-order valence-electron chi connectivity index (χ0n) is 12.2. The molecule has 0 saturated heterocycles. The molecule has 0 unspecified atom stereocenters. The Morgan fingerprint density at radius 1 is 1.32 bits per heavy atom. The second kappa shape index (κ2) is 5.19. The predicted molar refractivity (Wildman–Crippen MR) is 76.8 cm³/mol. The van der Waals surface area contributed by atoms with Gasteiger partial charge in [0.05, 0.1) is 5.56 Å². The Balaban J connectivity index is 2.15. The quantitative estimate of drug-likeness (QED) is 0.851. The van der Waals surface area contributed by atoms with Gasteiger partial charge in [0.2, 0.25) is 0 Å². The molecular formula is C14H16F2N2O3S. The molecule has 22 heavy (non-hydrogen) atoms. The van der Waals surface area contributed by atoms with Crippen LogP contribution in [0.5, 0.6) is 5.75 Å². The van der Waals surface area contributed by atoms with Crippen molar-refractivity contribution in [3.8, 4) is 5.75 Å². The number of rotatable bonds is 4. The molecule has 0 radical (unpaired) electrons. The summed E-state index contributed by atoms with van der Waals surface area (Å²) < 4.78 is 58.0. The number of sulfonamides is 1. The van der Waals surface area contributed by atoms with Crippen molar-refractivity contribution in [1.82, 2.24) is 4.90 Å². The van der Waals surface area contributed by atoms with Gasteiger partial charge in [-0.25, -0.2) is 0 Å². The maximum Gasteiger partial charge on any atom is 0.387 e. The second-order valence-electron chi connectivity index (χ2n) is 5.63. The third-order valence-corrected chi connectivity index (χ3v) is 4.96. The van der Waals surface area contributed by atoms with Gasteiger partial charge in [-0.3, -0.25) is 0 Å². The summed E-state index contributed by atoms with van der Waals surface area (Å²) in [7, 11) is -3.88. The maximum absolute atomic E-state index is 12.6. The van der Waals surface area contributed by atoms with Crippen LogP contribution in [0, 0.1) is 0 Å². The molecule has 0 spiro atoms. The Bertz CT molecular complexity index is 726. The molecule has 1 heterocycles. The summed E-state index contributed by atoms with van der Waals surface area (Å²) in [6.45, 7) is 0.814. The fourth-order valence-corrected chi connectivity index (χ4v) is 3.93. The Morgan fingerprint density at radius 2 is 2.00 bits per heavy atom. The number of halogens is 2. The van der Waals surface area contributed by atoms with Crippen molar-refractivity contribution in [3.63, 3.8) is 0 Å². The first-order valence-corrected chi connectivity index (χ1v) is 8.47. The van der Waals surface area contributed by atoms with E-state index in [9.17, 15) is 17.2 Å². The van der Waals surface area contributed by atoms with Crippen LogP contribution in [-0.2, 0) is 10.0 Å². The van der Waals surface area contributed by atoms with Crippen LogP contribution in [0.4, 0.5) is 8.78 Å². The van der Waals surface area contributed by atoms with E-state index in [2.05, 4.69) is 9.13 Å². The molecule has 1 aromatic carbocycles. The fraction of sp³-hybridized carbons (Fsp3) is 0.500. The lowest BCUT2D eigenvalue weighted by atomic mass is 10.1. The highest BCUT2D eigenvalue weighted by Crippen LogP contribution is 2.39. The zero-order valence-corrected chi connectivity index (χ0v) is 13.0. The van der Waals surface area contributed by atoms with Crippen LogP contribution >= 0.6 is 0 Å². The zero-order chi connectivity index (χ0) is 16.1. The molecule has 0 amide bonds. The topological polar surface area (TPSA) is 59.0 Å². The van der Waals surface area contributed by atoms with Crippen molar-refractivity contribution in [2.24, 2.45) is 4.40 Å². The van der Waals surface area contributed by atoms with E-state index in [4.69, 9.17) is 0 Å². The molecule has 3 rings (SSSR count). The van der Waals surface area contributed by atoms with Crippen LogP contribution < -0.4 is 4.74 Å². The minimum absolute atomic E-state index is 0.00649. The molecule has 120 valence electrons. The van der Waals surface area contributed by atoms with Gasteiger partial charge in [-0.05, 0) is 38.8 Å². The van der Waals surface area contributed by atoms with Crippen LogP contribution in [0.1, 0.15) is 32.3 Å². The third kappa shape index (κ3) is 2.55. The van der Waals surface area contributed by atoms with E-state index in [1.54, 1.807) is 0 Å². The minimum atomic E-state index is -3.88. The maximum atomic E-state index is 12.6. The summed E-state index contributed by atoms with van der Waals surface area (Å²) in [5.74, 6) is 0.0578. The lowest BCUT2D eigenvalue weighted by Gasteiger charge is -2.29. The Morgan fingerprint density at radius 3 is 2.55 bits per heavy atom. The normalized spacial score (nSPS) is 19.3. The smallest absolute Gasteiger partial charge is 0.387 e. The summed E-state index contributed by atoms with van der Waals surface area (Å²) in [4.78, 5) is 1.80. The molecule has 0 N–H and O–H groups in total. The first kappa shape index (κ1) is 15.2. The van der Waals surface area contributed by atoms with Gasteiger partial charge >= 0.3 is 6.61 Å². The van der Waals surface area contributed by atoms with E-state index >= 15 is 0 Å². The van der Waals surface area contributed by atoms with E-state index < -0.39 is 16.6 Å². The van der Waals surface area contributed by atoms with Gasteiger partial charge < -0.3 is 9.64 Å². The highest BCUT2D eigenvalue weighted by molar-refractivity contribution is 7.90. The van der Waals surface area contributed by atoms with Crippen LogP contribution in [0.3, 0.4) is 0 Å². The average Bonchev–Trinajstić information content (AvgIpc) is 3.16. The number of alkyl halides is 2. The Labute approximate surface area is 127 Å². The first-order chi connectivity index (χ1) is 10.3. The summed E-state index contributed by atoms with van der Waals surface area (Å²) >= 11 is 0. The number of nitrogens with zero attached hydrogens (tertiary/aromatic N) is 2. The van der Waals surface area contributed by atoms with Crippen molar-refractivity contribution in [2.75, 3.05) is 0 Å². The monoisotopic (exact) mass is 330 g/mol. The predicted octanol–water partition coefficient (Wildman–Crippen LogP) is 2.61. The molecule has 1 aliphatic heterocycles. The fourth-order valence-electron chi connectivity index (χ4n) is 2.72. The molecule has 0 atom stereocenters. The summed E-state index contributed by atoms with van der Waals surface area (Å²) in [6.07, 6.45) is 1.87. The van der Waals surface area contributed by atoms with Crippen LogP contribution in [0.2, 0.25) is 0 Å². The SMILES string of the molecule is CC(C)N(C1=NS(=O)(=O)c2cccc(OC(F)F)c21)C1CC1. The molecule has 1 fully saturated rings. The van der Waals surface area contributed by atoms with E-state index in [-0.39, 0.29) is 34.1 Å². The number of benzene rings is 1. The Hall–Kier alpha value is -1.70. The third-order valence-electron chi connectivity index (χ3n) is 3.65. The highest BCUT2D eigenvalue weighted by Gasteiger charge is 2.41. The van der Waals surface area contributed by atoms with E-state index in [1.807, 2.05) is 18.7 Å². The van der Waals surface area contributed by atoms with Crippen molar-refractivity contribution >= 4 is 15.9 Å². The molecule has 0 bridgehead atoms. The average molecular weight is 330 g/mol. The van der Waals surface area contributed by atoms with Crippen LogP contribution in [0.25, 0.3) is 0 Å². The van der Waals surface area contributed by atoms with Crippen molar-refractivity contribution in [3.05, 3.63) is 23.8 Å². The summed E-state index contributed by atoms with van der Waals surface area (Å²) in [5.41, 5.74) is 0.142. The highest BCUT2D eigenvalue weighted by atomic mass is 32.2. The van der Waals surface area contributed by atoms with Crippen molar-refractivity contribution in [1.29, 1.82) is 0 Å². The van der Waals surface area contributed by atoms with Crippen LogP contribution in [-0.4, -0.2) is 37.8 Å².